The number of hydrogen-bond donors (Lipinski definition) is 1. The first-order valence-corrected chi connectivity index (χ1v) is 10.3. The number of carbonyl (C=O) groups is 1. The molecule has 0 aromatic heterocycles. The van der Waals surface area contributed by atoms with Crippen molar-refractivity contribution < 1.29 is 9.90 Å². The van der Waals surface area contributed by atoms with Crippen LogP contribution in [-0.4, -0.2) is 16.3 Å². The fourth-order valence-corrected chi connectivity index (χ4v) is 6.13. The number of unbranched alkanes of at least 4 members (excludes halogenated alkanes) is 1. The molecule has 2 saturated carbocycles. The summed E-state index contributed by atoms with van der Waals surface area (Å²) in [5, 5.41) is 9.49. The summed E-state index contributed by atoms with van der Waals surface area (Å²) in [5.74, 6) is 3.12. The monoisotopic (exact) mass is 344 g/mol. The van der Waals surface area contributed by atoms with Crippen LogP contribution in [0.25, 0.3) is 0 Å². The van der Waals surface area contributed by atoms with Crippen LogP contribution >= 0.6 is 11.8 Å². The van der Waals surface area contributed by atoms with Crippen LogP contribution in [-0.2, 0) is 10.5 Å². The molecule has 2 bridgehead atoms. The normalized spacial score (nSPS) is 28.7. The van der Waals surface area contributed by atoms with Crippen LogP contribution in [0.4, 0.5) is 0 Å². The molecule has 130 valence electrons. The molecular formula is C21H28O2S. The lowest BCUT2D eigenvalue weighted by atomic mass is 9.86. The quantitative estimate of drug-likeness (QED) is 0.472. The Morgan fingerprint density at radius 3 is 2.75 bits per heavy atom. The first kappa shape index (κ1) is 17.6. The van der Waals surface area contributed by atoms with Crippen LogP contribution in [0.5, 0.6) is 0 Å². The average molecular weight is 345 g/mol. The highest BCUT2D eigenvalue weighted by molar-refractivity contribution is 7.99. The maximum Gasteiger partial charge on any atom is 0.303 e. The molecule has 4 atom stereocenters. The molecule has 3 heteroatoms. The minimum atomic E-state index is -0.686. The van der Waals surface area contributed by atoms with Crippen molar-refractivity contribution in [2.75, 3.05) is 0 Å². The Kier molecular flexibility index (Phi) is 6.42. The van der Waals surface area contributed by atoms with Gasteiger partial charge >= 0.3 is 5.97 Å². The number of aliphatic carboxylic acids is 1. The van der Waals surface area contributed by atoms with Crippen molar-refractivity contribution >= 4 is 17.7 Å². The standard InChI is InChI=1S/C21H28O2S/c22-20(23)11-7-2-1-6-10-19-17-12-13-18(14-17)21(19)24-15-16-8-4-3-5-9-16/h1,3-6,8-9,17-19,21H,2,7,10-15H2,(H,22,23)/t17-,18+,19-,21-/m1/s1. The maximum absolute atomic E-state index is 10.5. The molecule has 0 heterocycles. The molecule has 1 N–H and O–H groups in total. The summed E-state index contributed by atoms with van der Waals surface area (Å²) in [6, 6.07) is 10.8. The molecule has 1 aromatic carbocycles. The van der Waals surface area contributed by atoms with Crippen LogP contribution in [0.1, 0.15) is 50.5 Å². The van der Waals surface area contributed by atoms with Gasteiger partial charge < -0.3 is 5.11 Å². The van der Waals surface area contributed by atoms with Crippen LogP contribution in [0.2, 0.25) is 0 Å². The van der Waals surface area contributed by atoms with E-state index >= 15 is 0 Å². The summed E-state index contributed by atoms with van der Waals surface area (Å²) in [6.07, 6.45) is 11.9. The highest BCUT2D eigenvalue weighted by atomic mass is 32.2. The fourth-order valence-electron chi connectivity index (χ4n) is 4.45. The number of benzene rings is 1. The molecule has 0 unspecified atom stereocenters. The summed E-state index contributed by atoms with van der Waals surface area (Å²) in [6.45, 7) is 0. The minimum Gasteiger partial charge on any atom is -0.481 e. The molecule has 24 heavy (non-hydrogen) atoms. The summed E-state index contributed by atoms with van der Waals surface area (Å²) >= 11 is 2.17. The van der Waals surface area contributed by atoms with Gasteiger partial charge in [0, 0.05) is 17.4 Å². The van der Waals surface area contributed by atoms with Crippen LogP contribution < -0.4 is 0 Å². The van der Waals surface area contributed by atoms with Crippen molar-refractivity contribution in [2.24, 2.45) is 17.8 Å². The van der Waals surface area contributed by atoms with Gasteiger partial charge in [0.1, 0.15) is 0 Å². The van der Waals surface area contributed by atoms with E-state index in [-0.39, 0.29) is 6.42 Å². The van der Waals surface area contributed by atoms with E-state index in [1.807, 2.05) is 0 Å². The van der Waals surface area contributed by atoms with Crippen LogP contribution in [0, 0.1) is 17.8 Å². The van der Waals surface area contributed by atoms with Gasteiger partial charge in [-0.15, -0.1) is 0 Å². The molecule has 0 spiro atoms. The van der Waals surface area contributed by atoms with Gasteiger partial charge in [0.15, 0.2) is 0 Å². The molecule has 2 nitrogen and oxygen atoms in total. The van der Waals surface area contributed by atoms with Gasteiger partial charge in [-0.1, -0.05) is 42.5 Å². The lowest BCUT2D eigenvalue weighted by Crippen LogP contribution is -2.24. The zero-order chi connectivity index (χ0) is 16.8. The number of fused-ring (bicyclic) bond motifs is 2. The Balaban J connectivity index is 1.47. The Morgan fingerprint density at radius 2 is 1.96 bits per heavy atom. The predicted octanol–water partition coefficient (Wildman–Crippen LogP) is 5.54. The largest absolute Gasteiger partial charge is 0.481 e. The number of thioether (sulfide) groups is 1. The van der Waals surface area contributed by atoms with E-state index in [0.717, 1.165) is 41.6 Å². The Bertz CT molecular complexity index is 554. The third-order valence-corrected chi connectivity index (χ3v) is 7.25. The summed E-state index contributed by atoms with van der Waals surface area (Å²) in [4.78, 5) is 10.5. The van der Waals surface area contributed by atoms with Gasteiger partial charge in [-0.05, 0) is 61.8 Å². The van der Waals surface area contributed by atoms with Crippen molar-refractivity contribution in [3.8, 4) is 0 Å². The smallest absolute Gasteiger partial charge is 0.303 e. The molecule has 3 rings (SSSR count). The van der Waals surface area contributed by atoms with E-state index in [1.165, 1.54) is 31.2 Å². The van der Waals surface area contributed by atoms with Crippen molar-refractivity contribution in [3.05, 3.63) is 48.0 Å². The lowest BCUT2D eigenvalue weighted by Gasteiger charge is -2.30. The first-order valence-electron chi connectivity index (χ1n) is 9.26. The van der Waals surface area contributed by atoms with E-state index in [2.05, 4.69) is 54.2 Å². The molecule has 2 aliphatic carbocycles. The summed E-state index contributed by atoms with van der Waals surface area (Å²) in [5.41, 5.74) is 1.44. The van der Waals surface area contributed by atoms with Crippen molar-refractivity contribution in [1.82, 2.24) is 0 Å². The topological polar surface area (TPSA) is 37.3 Å². The molecule has 0 radical (unpaired) electrons. The molecule has 2 aliphatic rings. The molecule has 2 fully saturated rings. The van der Waals surface area contributed by atoms with Gasteiger partial charge in [-0.25, -0.2) is 0 Å². The summed E-state index contributed by atoms with van der Waals surface area (Å²) < 4.78 is 0. The first-order chi connectivity index (χ1) is 11.7. The van der Waals surface area contributed by atoms with Gasteiger partial charge in [0.25, 0.3) is 0 Å². The Morgan fingerprint density at radius 1 is 1.17 bits per heavy atom. The molecular weight excluding hydrogens is 316 g/mol. The number of allylic oxidation sites excluding steroid dienone is 2. The second-order valence-corrected chi connectivity index (χ2v) is 8.42. The third kappa shape index (κ3) is 4.66. The van der Waals surface area contributed by atoms with E-state index in [4.69, 9.17) is 5.11 Å². The maximum atomic E-state index is 10.5. The van der Waals surface area contributed by atoms with Gasteiger partial charge in [0.2, 0.25) is 0 Å². The van der Waals surface area contributed by atoms with Crippen molar-refractivity contribution in [2.45, 2.75) is 55.9 Å². The van der Waals surface area contributed by atoms with E-state index in [9.17, 15) is 4.79 Å². The molecule has 0 saturated heterocycles. The van der Waals surface area contributed by atoms with E-state index in [1.54, 1.807) is 0 Å². The summed E-state index contributed by atoms with van der Waals surface area (Å²) in [7, 11) is 0. The van der Waals surface area contributed by atoms with Gasteiger partial charge in [0.05, 0.1) is 0 Å². The fraction of sp³-hybridized carbons (Fsp3) is 0.571. The van der Waals surface area contributed by atoms with E-state index in [0.29, 0.717) is 0 Å². The zero-order valence-electron chi connectivity index (χ0n) is 14.3. The Hall–Kier alpha value is -1.22. The van der Waals surface area contributed by atoms with Crippen LogP contribution in [0.15, 0.2) is 42.5 Å². The van der Waals surface area contributed by atoms with E-state index < -0.39 is 5.97 Å². The predicted molar refractivity (Wildman–Crippen MR) is 101 cm³/mol. The molecule has 0 aliphatic heterocycles. The van der Waals surface area contributed by atoms with Gasteiger partial charge in [-0.3, -0.25) is 4.79 Å². The SMILES string of the molecule is O=C(O)CCCC=CC[C@@H]1[C@@H]2CC[C@@H](C2)[C@H]1SCc1ccccc1. The highest BCUT2D eigenvalue weighted by Crippen LogP contribution is 2.54. The van der Waals surface area contributed by atoms with Crippen molar-refractivity contribution in [3.63, 3.8) is 0 Å². The number of carboxylic acid groups (broad SMARTS) is 1. The molecule has 0 amide bonds. The lowest BCUT2D eigenvalue weighted by molar-refractivity contribution is -0.137. The number of rotatable bonds is 9. The van der Waals surface area contributed by atoms with Crippen molar-refractivity contribution in [1.29, 1.82) is 0 Å². The second kappa shape index (κ2) is 8.75. The zero-order valence-corrected chi connectivity index (χ0v) is 15.1. The highest BCUT2D eigenvalue weighted by Gasteiger charge is 2.46. The molecule has 1 aromatic rings. The average Bonchev–Trinajstić information content (AvgIpc) is 3.18. The number of carboxylic acids is 1. The Labute approximate surface area is 149 Å². The second-order valence-electron chi connectivity index (χ2n) is 7.25. The number of hydrogen-bond acceptors (Lipinski definition) is 2. The third-order valence-electron chi connectivity index (χ3n) is 5.63. The van der Waals surface area contributed by atoms with Crippen LogP contribution in [0.3, 0.4) is 0 Å². The minimum absolute atomic E-state index is 0.286. The van der Waals surface area contributed by atoms with Gasteiger partial charge in [-0.2, -0.15) is 11.8 Å².